The number of aryl methyl sites for hydroxylation is 1. The predicted molar refractivity (Wildman–Crippen MR) is 115 cm³/mol. The van der Waals surface area contributed by atoms with Crippen LogP contribution < -0.4 is 4.74 Å². The van der Waals surface area contributed by atoms with Gasteiger partial charge in [0.25, 0.3) is 0 Å². The van der Waals surface area contributed by atoms with Crippen LogP contribution in [-0.4, -0.2) is 42.4 Å². The van der Waals surface area contributed by atoms with E-state index in [1.54, 1.807) is 26.0 Å². The number of ether oxygens (including phenoxy) is 2. The predicted octanol–water partition coefficient (Wildman–Crippen LogP) is 4.79. The number of amidine groups is 1. The number of fused-ring (bicyclic) bond motifs is 2. The fourth-order valence-corrected chi connectivity index (χ4v) is 4.22. The number of pyridine rings is 1. The van der Waals surface area contributed by atoms with Crippen LogP contribution in [0.4, 0.5) is 5.69 Å². The van der Waals surface area contributed by atoms with Gasteiger partial charge in [-0.2, -0.15) is 0 Å². The van der Waals surface area contributed by atoms with Crippen molar-refractivity contribution in [3.8, 4) is 5.75 Å². The summed E-state index contributed by atoms with van der Waals surface area (Å²) < 4.78 is 10.6. The number of thioether (sulfide) groups is 1. The molecule has 0 N–H and O–H groups in total. The molecule has 4 rings (SSSR count). The molecule has 0 amide bonds. The zero-order valence-corrected chi connectivity index (χ0v) is 17.1. The molecule has 0 saturated carbocycles. The van der Waals surface area contributed by atoms with Crippen molar-refractivity contribution < 1.29 is 9.47 Å². The Hall–Kier alpha value is -2.57. The summed E-state index contributed by atoms with van der Waals surface area (Å²) in [6, 6.07) is 16.4. The number of aliphatic imine (C=N–C) groups is 1. The first-order chi connectivity index (χ1) is 13.7. The Morgan fingerprint density at radius 2 is 2.04 bits per heavy atom. The van der Waals surface area contributed by atoms with Gasteiger partial charge in [-0.05, 0) is 49.0 Å². The Bertz CT molecular complexity index is 1040. The lowest BCUT2D eigenvalue weighted by molar-refractivity contribution is 0.174. The van der Waals surface area contributed by atoms with Crippen LogP contribution in [0.3, 0.4) is 0 Å². The van der Waals surface area contributed by atoms with E-state index in [2.05, 4.69) is 36.1 Å². The second-order valence-electron chi connectivity index (χ2n) is 6.76. The topological polar surface area (TPSA) is 47.0 Å². The summed E-state index contributed by atoms with van der Waals surface area (Å²) in [5, 5.41) is 3.13. The molecule has 0 unspecified atom stereocenters. The summed E-state index contributed by atoms with van der Waals surface area (Å²) in [5.41, 5.74) is 4.35. The first kappa shape index (κ1) is 18.8. The Morgan fingerprint density at radius 3 is 2.86 bits per heavy atom. The molecule has 0 spiro atoms. The summed E-state index contributed by atoms with van der Waals surface area (Å²) in [7, 11) is 3.39. The third-order valence-electron chi connectivity index (χ3n) is 4.67. The van der Waals surface area contributed by atoms with Gasteiger partial charge in [-0.1, -0.05) is 17.7 Å². The number of methoxy groups -OCH3 is 2. The van der Waals surface area contributed by atoms with Gasteiger partial charge in [0.1, 0.15) is 10.8 Å². The van der Waals surface area contributed by atoms with Gasteiger partial charge in [-0.25, -0.2) is 9.98 Å². The molecule has 0 bridgehead atoms. The highest BCUT2D eigenvalue weighted by molar-refractivity contribution is 8.13. The number of hydrogen-bond donors (Lipinski definition) is 0. The van der Waals surface area contributed by atoms with Crippen LogP contribution in [0.2, 0.25) is 0 Å². The molecule has 2 aromatic carbocycles. The van der Waals surface area contributed by atoms with Crippen LogP contribution in [0.1, 0.15) is 11.1 Å². The van der Waals surface area contributed by atoms with Crippen molar-refractivity contribution in [3.63, 3.8) is 0 Å². The van der Waals surface area contributed by atoms with Crippen molar-refractivity contribution in [2.45, 2.75) is 18.5 Å². The lowest BCUT2D eigenvalue weighted by Gasteiger charge is -2.30. The van der Waals surface area contributed by atoms with Gasteiger partial charge in [-0.15, -0.1) is 0 Å². The standard InChI is InChI=1S/C22H23N3O2S/c1-15-7-8-20-16(11-15)12-17-14-25(9-10-26-2)22(28-21(17)24-20)23-18-5-4-6-19(13-18)27-3/h4-8,11-13H,9-10,14H2,1-3H3. The molecule has 1 aliphatic rings. The van der Waals surface area contributed by atoms with Gasteiger partial charge in [0.2, 0.25) is 0 Å². The quantitative estimate of drug-likeness (QED) is 0.623. The van der Waals surface area contributed by atoms with Crippen LogP contribution in [0.5, 0.6) is 5.75 Å². The number of hydrogen-bond acceptors (Lipinski definition) is 5. The minimum absolute atomic E-state index is 0.646. The minimum atomic E-state index is 0.646. The molecule has 1 aromatic heterocycles. The molecule has 6 heteroatoms. The highest BCUT2D eigenvalue weighted by Gasteiger charge is 2.24. The monoisotopic (exact) mass is 393 g/mol. The van der Waals surface area contributed by atoms with Crippen LogP contribution in [0, 0.1) is 6.92 Å². The summed E-state index contributed by atoms with van der Waals surface area (Å²) in [5.74, 6) is 0.797. The molecule has 28 heavy (non-hydrogen) atoms. The smallest absolute Gasteiger partial charge is 0.171 e. The third kappa shape index (κ3) is 3.98. The van der Waals surface area contributed by atoms with E-state index < -0.39 is 0 Å². The van der Waals surface area contributed by atoms with E-state index in [4.69, 9.17) is 19.5 Å². The zero-order chi connectivity index (χ0) is 19.5. The first-order valence-electron chi connectivity index (χ1n) is 9.21. The molecule has 0 fully saturated rings. The van der Waals surface area contributed by atoms with E-state index in [-0.39, 0.29) is 0 Å². The van der Waals surface area contributed by atoms with E-state index in [9.17, 15) is 0 Å². The van der Waals surface area contributed by atoms with Crippen LogP contribution in [-0.2, 0) is 11.3 Å². The van der Waals surface area contributed by atoms with Gasteiger partial charge in [-0.3, -0.25) is 0 Å². The van der Waals surface area contributed by atoms with Crippen molar-refractivity contribution in [3.05, 3.63) is 59.7 Å². The molecule has 5 nitrogen and oxygen atoms in total. The molecule has 2 heterocycles. The minimum Gasteiger partial charge on any atom is -0.497 e. The fourth-order valence-electron chi connectivity index (χ4n) is 3.21. The first-order valence-corrected chi connectivity index (χ1v) is 10.0. The van der Waals surface area contributed by atoms with Crippen LogP contribution >= 0.6 is 11.8 Å². The SMILES string of the molecule is COCCN1Cc2cc3cc(C)ccc3nc2SC1=Nc1cccc(OC)c1. The molecule has 1 aliphatic heterocycles. The van der Waals surface area contributed by atoms with E-state index in [0.717, 1.165) is 40.2 Å². The van der Waals surface area contributed by atoms with Crippen molar-refractivity contribution in [1.29, 1.82) is 0 Å². The van der Waals surface area contributed by atoms with E-state index in [1.165, 1.54) is 16.5 Å². The normalized spacial score (nSPS) is 15.1. The number of aromatic nitrogens is 1. The molecule has 144 valence electrons. The molecule has 3 aromatic rings. The summed E-state index contributed by atoms with van der Waals surface area (Å²) in [4.78, 5) is 12.0. The van der Waals surface area contributed by atoms with E-state index >= 15 is 0 Å². The summed E-state index contributed by atoms with van der Waals surface area (Å²) in [6.45, 7) is 4.30. The largest absolute Gasteiger partial charge is 0.497 e. The Balaban J connectivity index is 1.73. The van der Waals surface area contributed by atoms with Gasteiger partial charge in [0, 0.05) is 37.2 Å². The van der Waals surface area contributed by atoms with Gasteiger partial charge < -0.3 is 14.4 Å². The average molecular weight is 394 g/mol. The van der Waals surface area contributed by atoms with Gasteiger partial charge in [0.05, 0.1) is 24.9 Å². The van der Waals surface area contributed by atoms with Crippen LogP contribution in [0.15, 0.2) is 58.5 Å². The molecular formula is C22H23N3O2S. The van der Waals surface area contributed by atoms with Gasteiger partial charge >= 0.3 is 0 Å². The fraction of sp³-hybridized carbons (Fsp3) is 0.273. The highest BCUT2D eigenvalue weighted by atomic mass is 32.2. The number of benzene rings is 2. The molecule has 0 saturated heterocycles. The molecule has 0 atom stereocenters. The second-order valence-corrected chi connectivity index (χ2v) is 7.72. The third-order valence-corrected chi connectivity index (χ3v) is 5.75. The average Bonchev–Trinajstić information content (AvgIpc) is 2.71. The van der Waals surface area contributed by atoms with E-state index in [0.29, 0.717) is 6.61 Å². The maximum absolute atomic E-state index is 5.33. The lowest BCUT2D eigenvalue weighted by atomic mass is 10.1. The van der Waals surface area contributed by atoms with Gasteiger partial charge in [0.15, 0.2) is 5.17 Å². The maximum atomic E-state index is 5.33. The summed E-state index contributed by atoms with van der Waals surface area (Å²) >= 11 is 1.61. The van der Waals surface area contributed by atoms with Crippen molar-refractivity contribution in [2.75, 3.05) is 27.4 Å². The summed E-state index contributed by atoms with van der Waals surface area (Å²) in [6.07, 6.45) is 0. The molecule has 0 aliphatic carbocycles. The Kier molecular flexibility index (Phi) is 5.50. The van der Waals surface area contributed by atoms with Crippen molar-refractivity contribution >= 4 is 33.5 Å². The van der Waals surface area contributed by atoms with Crippen molar-refractivity contribution in [2.24, 2.45) is 4.99 Å². The highest BCUT2D eigenvalue weighted by Crippen LogP contribution is 2.35. The van der Waals surface area contributed by atoms with Crippen LogP contribution in [0.25, 0.3) is 10.9 Å². The van der Waals surface area contributed by atoms with E-state index in [1.807, 2.05) is 24.3 Å². The zero-order valence-electron chi connectivity index (χ0n) is 16.3. The molecule has 0 radical (unpaired) electrons. The second kappa shape index (κ2) is 8.20. The van der Waals surface area contributed by atoms with Crippen molar-refractivity contribution in [1.82, 2.24) is 9.88 Å². The number of nitrogens with zero attached hydrogens (tertiary/aromatic N) is 3. The Labute approximate surface area is 169 Å². The lowest BCUT2D eigenvalue weighted by Crippen LogP contribution is -2.34. The Morgan fingerprint density at radius 1 is 1.14 bits per heavy atom. The maximum Gasteiger partial charge on any atom is 0.171 e. The molecular weight excluding hydrogens is 370 g/mol. The number of rotatable bonds is 5.